The van der Waals surface area contributed by atoms with Gasteiger partial charge in [0.2, 0.25) is 5.89 Å². The maximum absolute atomic E-state index is 13.3. The first-order valence-electron chi connectivity index (χ1n) is 9.70. The van der Waals surface area contributed by atoms with Crippen molar-refractivity contribution in [3.05, 3.63) is 70.2 Å². The summed E-state index contributed by atoms with van der Waals surface area (Å²) in [6.07, 6.45) is 0. The number of pyridine rings is 1. The van der Waals surface area contributed by atoms with Crippen LogP contribution in [0.3, 0.4) is 0 Å². The van der Waals surface area contributed by atoms with E-state index in [0.29, 0.717) is 33.6 Å². The number of para-hydroxylation sites is 1. The number of fused-ring (bicyclic) bond motifs is 1. The molecule has 3 heterocycles. The Morgan fingerprint density at radius 2 is 1.80 bits per heavy atom. The Balaban J connectivity index is 1.82. The van der Waals surface area contributed by atoms with E-state index in [2.05, 4.69) is 15.1 Å². The summed E-state index contributed by atoms with van der Waals surface area (Å²) >= 11 is 1.39. The molecule has 30 heavy (non-hydrogen) atoms. The molecule has 0 aliphatic carbocycles. The summed E-state index contributed by atoms with van der Waals surface area (Å²) in [5.41, 5.74) is 1.10. The third-order valence-electron chi connectivity index (χ3n) is 4.59. The van der Waals surface area contributed by atoms with E-state index >= 15 is 0 Å². The molecule has 4 aromatic rings. The van der Waals surface area contributed by atoms with Crippen molar-refractivity contribution in [1.29, 1.82) is 0 Å². The van der Waals surface area contributed by atoms with Gasteiger partial charge >= 0.3 is 0 Å². The molecule has 1 atom stereocenters. The van der Waals surface area contributed by atoms with Crippen LogP contribution in [0.4, 0.5) is 0 Å². The van der Waals surface area contributed by atoms with Crippen LogP contribution >= 0.6 is 11.8 Å². The highest BCUT2D eigenvalue weighted by Gasteiger charge is 2.25. The summed E-state index contributed by atoms with van der Waals surface area (Å²) in [5, 5.41) is 4.99. The number of hydrogen-bond donors (Lipinski definition) is 0. The zero-order valence-corrected chi connectivity index (χ0v) is 18.4. The van der Waals surface area contributed by atoms with Crippen molar-refractivity contribution >= 4 is 22.7 Å². The fourth-order valence-electron chi connectivity index (χ4n) is 2.96. The Bertz CT molecular complexity index is 1270. The van der Waals surface area contributed by atoms with Gasteiger partial charge in [-0.15, -0.1) is 0 Å². The van der Waals surface area contributed by atoms with E-state index in [9.17, 15) is 4.79 Å². The Morgan fingerprint density at radius 1 is 1.03 bits per heavy atom. The van der Waals surface area contributed by atoms with Crippen LogP contribution in [0.5, 0.6) is 0 Å². The van der Waals surface area contributed by atoms with Gasteiger partial charge in [0.25, 0.3) is 5.56 Å². The summed E-state index contributed by atoms with van der Waals surface area (Å²) in [6.45, 7) is 9.95. The van der Waals surface area contributed by atoms with Gasteiger partial charge in [-0.25, -0.2) is 14.5 Å². The standard InChI is InChI=1S/C22H23N5O2S/c1-13-9-8-12-17(23-13)27-19(28)15-10-6-7-11-16(15)24-21(27)30-14(2)18-25-20(26-29-18)22(3,4)5/h6-12,14H,1-5H3/t14-/m0/s1. The highest BCUT2D eigenvalue weighted by molar-refractivity contribution is 7.99. The van der Waals surface area contributed by atoms with Gasteiger partial charge in [-0.05, 0) is 38.1 Å². The summed E-state index contributed by atoms with van der Waals surface area (Å²) < 4.78 is 7.05. The SMILES string of the molecule is Cc1cccc(-n2c(S[C@@H](C)c3nc(C(C)(C)C)no3)nc3ccccc3c2=O)n1. The van der Waals surface area contributed by atoms with E-state index in [1.54, 1.807) is 10.6 Å². The van der Waals surface area contributed by atoms with Crippen LogP contribution in [0.1, 0.15) is 50.4 Å². The lowest BCUT2D eigenvalue weighted by Gasteiger charge is -2.14. The predicted octanol–water partition coefficient (Wildman–Crippen LogP) is 4.62. The zero-order chi connectivity index (χ0) is 21.5. The first kappa shape index (κ1) is 20.3. The molecule has 0 bridgehead atoms. The minimum Gasteiger partial charge on any atom is -0.338 e. The smallest absolute Gasteiger partial charge is 0.267 e. The first-order chi connectivity index (χ1) is 14.2. The lowest BCUT2D eigenvalue weighted by molar-refractivity contribution is 0.364. The summed E-state index contributed by atoms with van der Waals surface area (Å²) in [6, 6.07) is 12.9. The van der Waals surface area contributed by atoms with E-state index in [-0.39, 0.29) is 16.2 Å². The average molecular weight is 422 g/mol. The van der Waals surface area contributed by atoms with E-state index in [4.69, 9.17) is 9.51 Å². The number of rotatable bonds is 4. The molecule has 4 rings (SSSR count). The predicted molar refractivity (Wildman–Crippen MR) is 117 cm³/mol. The first-order valence-corrected chi connectivity index (χ1v) is 10.6. The van der Waals surface area contributed by atoms with Crippen molar-refractivity contribution in [2.45, 2.75) is 50.4 Å². The Kier molecular flexibility index (Phi) is 5.19. The molecule has 0 amide bonds. The number of thioether (sulfide) groups is 1. The number of aromatic nitrogens is 5. The van der Waals surface area contributed by atoms with Gasteiger partial charge in [0.15, 0.2) is 11.0 Å². The molecule has 1 aromatic carbocycles. The van der Waals surface area contributed by atoms with Crippen LogP contribution < -0.4 is 5.56 Å². The molecule has 0 saturated heterocycles. The molecule has 0 saturated carbocycles. The Hall–Kier alpha value is -3.00. The molecule has 0 unspecified atom stereocenters. The van der Waals surface area contributed by atoms with Gasteiger partial charge in [-0.3, -0.25) is 4.79 Å². The van der Waals surface area contributed by atoms with E-state index in [1.807, 2.05) is 71.0 Å². The minimum absolute atomic E-state index is 0.158. The quantitative estimate of drug-likeness (QED) is 0.351. The summed E-state index contributed by atoms with van der Waals surface area (Å²) in [7, 11) is 0. The molecule has 154 valence electrons. The second-order valence-electron chi connectivity index (χ2n) is 8.16. The highest BCUT2D eigenvalue weighted by Crippen LogP contribution is 2.34. The van der Waals surface area contributed by atoms with Gasteiger partial charge in [-0.2, -0.15) is 4.98 Å². The molecule has 0 aliphatic heterocycles. The van der Waals surface area contributed by atoms with Crippen LogP contribution in [0.25, 0.3) is 16.7 Å². The maximum atomic E-state index is 13.3. The average Bonchev–Trinajstić information content (AvgIpc) is 3.19. The fraction of sp³-hybridized carbons (Fsp3) is 0.318. The van der Waals surface area contributed by atoms with Crippen molar-refractivity contribution in [2.75, 3.05) is 0 Å². The van der Waals surface area contributed by atoms with Gasteiger partial charge in [0, 0.05) is 11.1 Å². The van der Waals surface area contributed by atoms with Crippen LogP contribution in [0, 0.1) is 6.92 Å². The van der Waals surface area contributed by atoms with E-state index in [0.717, 1.165) is 5.69 Å². The maximum Gasteiger partial charge on any atom is 0.267 e. The molecule has 8 heteroatoms. The molecule has 0 radical (unpaired) electrons. The summed E-state index contributed by atoms with van der Waals surface area (Å²) in [5.74, 6) is 1.68. The van der Waals surface area contributed by atoms with E-state index < -0.39 is 0 Å². The number of hydrogen-bond acceptors (Lipinski definition) is 7. The number of benzene rings is 1. The molecule has 0 fully saturated rings. The second-order valence-corrected chi connectivity index (χ2v) is 9.46. The molecular weight excluding hydrogens is 398 g/mol. The van der Waals surface area contributed by atoms with Gasteiger partial charge < -0.3 is 4.52 Å². The third kappa shape index (κ3) is 3.87. The van der Waals surface area contributed by atoms with Crippen molar-refractivity contribution in [3.63, 3.8) is 0 Å². The number of nitrogens with zero attached hydrogens (tertiary/aromatic N) is 5. The zero-order valence-electron chi connectivity index (χ0n) is 17.6. The second kappa shape index (κ2) is 7.68. The lowest BCUT2D eigenvalue weighted by atomic mass is 9.96. The fourth-order valence-corrected chi connectivity index (χ4v) is 3.91. The van der Waals surface area contributed by atoms with Crippen LogP contribution in [-0.2, 0) is 5.41 Å². The Labute approximate surface area is 178 Å². The molecular formula is C22H23N5O2S. The third-order valence-corrected chi connectivity index (χ3v) is 5.63. The van der Waals surface area contributed by atoms with Crippen molar-refractivity contribution in [2.24, 2.45) is 0 Å². The van der Waals surface area contributed by atoms with Gasteiger partial charge in [0.05, 0.1) is 16.2 Å². The van der Waals surface area contributed by atoms with Crippen molar-refractivity contribution in [1.82, 2.24) is 24.7 Å². The van der Waals surface area contributed by atoms with Gasteiger partial charge in [0.1, 0.15) is 5.82 Å². The van der Waals surface area contributed by atoms with Crippen LogP contribution in [0.2, 0.25) is 0 Å². The van der Waals surface area contributed by atoms with Crippen molar-refractivity contribution in [3.8, 4) is 5.82 Å². The highest BCUT2D eigenvalue weighted by atomic mass is 32.2. The lowest BCUT2D eigenvalue weighted by Crippen LogP contribution is -2.23. The van der Waals surface area contributed by atoms with Crippen molar-refractivity contribution < 1.29 is 4.52 Å². The topological polar surface area (TPSA) is 86.7 Å². The molecule has 3 aromatic heterocycles. The molecule has 0 N–H and O–H groups in total. The van der Waals surface area contributed by atoms with Crippen LogP contribution in [0.15, 0.2) is 56.9 Å². The normalized spacial score (nSPS) is 13.0. The largest absolute Gasteiger partial charge is 0.338 e. The summed E-state index contributed by atoms with van der Waals surface area (Å²) in [4.78, 5) is 27.2. The van der Waals surface area contributed by atoms with E-state index in [1.165, 1.54) is 11.8 Å². The monoisotopic (exact) mass is 421 g/mol. The van der Waals surface area contributed by atoms with Gasteiger partial charge in [-0.1, -0.05) is 55.9 Å². The molecule has 7 nitrogen and oxygen atoms in total. The minimum atomic E-state index is -0.207. The van der Waals surface area contributed by atoms with Crippen LogP contribution in [-0.4, -0.2) is 24.7 Å². The Morgan fingerprint density at radius 3 is 2.50 bits per heavy atom. The number of aryl methyl sites for hydroxylation is 1. The molecule has 0 aliphatic rings. The molecule has 0 spiro atoms.